The second-order valence-corrected chi connectivity index (χ2v) is 17.5. The van der Waals surface area contributed by atoms with Gasteiger partial charge in [-0.25, -0.2) is 0 Å². The lowest BCUT2D eigenvalue weighted by molar-refractivity contribution is 1.28. The number of para-hydroxylation sites is 1. The van der Waals surface area contributed by atoms with Crippen molar-refractivity contribution in [2.75, 3.05) is 9.80 Å². The van der Waals surface area contributed by atoms with Crippen LogP contribution in [0, 0.1) is 0 Å². The van der Waals surface area contributed by atoms with Crippen molar-refractivity contribution in [3.05, 3.63) is 297 Å². The molecule has 0 saturated heterocycles. The normalized spacial score (nSPS) is 10.9. The predicted octanol–water partition coefficient (Wildman–Crippen LogP) is 19.3. The van der Waals surface area contributed by atoms with Crippen LogP contribution < -0.4 is 9.80 Å². The molecule has 332 valence electrons. The Kier molecular flexibility index (Phi) is 12.3. The summed E-state index contributed by atoms with van der Waals surface area (Å²) in [4.78, 5) is 4.65. The van der Waals surface area contributed by atoms with Crippen LogP contribution in [0.25, 0.3) is 72.8 Å². The summed E-state index contributed by atoms with van der Waals surface area (Å²) < 4.78 is 0. The van der Waals surface area contributed by atoms with E-state index in [0.717, 1.165) is 39.7 Å². The van der Waals surface area contributed by atoms with Crippen LogP contribution in [-0.2, 0) is 0 Å². The maximum Gasteiger partial charge on any atom is 0.0462 e. The van der Waals surface area contributed by atoms with Crippen LogP contribution in [0.15, 0.2) is 292 Å². The smallest absolute Gasteiger partial charge is 0.0462 e. The first-order chi connectivity index (χ1) is 34.6. The van der Waals surface area contributed by atoms with Gasteiger partial charge in [-0.1, -0.05) is 225 Å². The largest absolute Gasteiger partial charge is 0.311 e. The molecule has 2 nitrogen and oxygen atoms in total. The summed E-state index contributed by atoms with van der Waals surface area (Å²) in [6, 6.07) is 102. The summed E-state index contributed by atoms with van der Waals surface area (Å²) in [5.41, 5.74) is 22.0. The van der Waals surface area contributed by atoms with Crippen LogP contribution in [0.3, 0.4) is 0 Å². The molecule has 0 heterocycles. The summed E-state index contributed by atoms with van der Waals surface area (Å²) in [6.07, 6.45) is 1.87. The first-order valence-corrected chi connectivity index (χ1v) is 23.8. The third-order valence-corrected chi connectivity index (χ3v) is 13.1. The molecule has 0 amide bonds. The average molecular weight is 895 g/mol. The fraction of sp³-hybridized carbons (Fsp3) is 0. The molecule has 0 unspecified atom stereocenters. The number of hydrogen-bond acceptors (Lipinski definition) is 2. The second-order valence-electron chi connectivity index (χ2n) is 17.5. The van der Waals surface area contributed by atoms with Crippen LogP contribution in [0.2, 0.25) is 0 Å². The van der Waals surface area contributed by atoms with E-state index in [1.54, 1.807) is 0 Å². The van der Waals surface area contributed by atoms with Gasteiger partial charge in [0.2, 0.25) is 0 Å². The Labute approximate surface area is 412 Å². The van der Waals surface area contributed by atoms with Gasteiger partial charge in [0.1, 0.15) is 0 Å². The number of hydrogen-bond donors (Lipinski definition) is 0. The molecule has 0 bridgehead atoms. The molecule has 0 N–H and O–H groups in total. The molecule has 11 aromatic carbocycles. The van der Waals surface area contributed by atoms with Gasteiger partial charge in [0, 0.05) is 34.1 Å². The molecule has 0 aliphatic rings. The van der Waals surface area contributed by atoms with Crippen LogP contribution in [-0.4, -0.2) is 0 Å². The highest BCUT2D eigenvalue weighted by molar-refractivity contribution is 5.83. The van der Waals surface area contributed by atoms with E-state index in [0.29, 0.717) is 0 Å². The van der Waals surface area contributed by atoms with E-state index < -0.39 is 0 Å². The quantitative estimate of drug-likeness (QED) is 0.114. The number of nitrogens with zero attached hydrogens (tertiary/aromatic N) is 2. The van der Waals surface area contributed by atoms with Crippen molar-refractivity contribution in [3.8, 4) is 66.8 Å². The van der Waals surface area contributed by atoms with Crippen LogP contribution in [0.5, 0.6) is 0 Å². The number of rotatable bonds is 13. The number of benzene rings is 11. The van der Waals surface area contributed by atoms with Gasteiger partial charge in [-0.05, 0) is 145 Å². The third kappa shape index (κ3) is 9.35. The first-order valence-electron chi connectivity index (χ1n) is 23.8. The van der Waals surface area contributed by atoms with Crippen LogP contribution >= 0.6 is 0 Å². The zero-order chi connectivity index (χ0) is 47.1. The highest BCUT2D eigenvalue weighted by atomic mass is 15.1. The monoisotopic (exact) mass is 894 g/mol. The third-order valence-electron chi connectivity index (χ3n) is 13.1. The van der Waals surface area contributed by atoms with Crippen molar-refractivity contribution < 1.29 is 0 Å². The Hall–Kier alpha value is -9.24. The lowest BCUT2D eigenvalue weighted by atomic mass is 9.99. The zero-order valence-electron chi connectivity index (χ0n) is 38.8. The van der Waals surface area contributed by atoms with Crippen LogP contribution in [0.1, 0.15) is 5.56 Å². The molecule has 11 aromatic rings. The summed E-state index contributed by atoms with van der Waals surface area (Å²) in [7, 11) is 0. The van der Waals surface area contributed by atoms with Crippen molar-refractivity contribution in [1.29, 1.82) is 0 Å². The van der Waals surface area contributed by atoms with Crippen molar-refractivity contribution in [2.45, 2.75) is 0 Å². The van der Waals surface area contributed by atoms with Crippen molar-refractivity contribution >= 4 is 40.2 Å². The standard InChI is InChI=1S/C68H50N2/c1-2-50-18-20-53(21-19-50)54-22-24-55(25-23-54)60-34-44-64(45-35-60)69(63-16-10-5-11-17-63)65-46-36-61(37-47-65)56-26-28-57(29-27-56)62-38-48-68(49-39-62)70(66-40-30-58(31-41-66)51-12-6-3-7-13-51)67-42-32-59(33-43-67)52-14-8-4-9-15-52/h2-49H,1H2. The lowest BCUT2D eigenvalue weighted by Gasteiger charge is -2.26. The molecule has 0 fully saturated rings. The molecule has 0 aliphatic heterocycles. The SMILES string of the molecule is C=Cc1ccc(-c2ccc(-c3ccc(N(c4ccccc4)c4ccc(-c5ccc(-c6ccc(N(c7ccc(-c8ccccc8)cc7)c7ccc(-c8ccccc8)cc7)cc6)cc5)cc4)cc3)cc2)cc1. The van der Waals surface area contributed by atoms with E-state index in [2.05, 4.69) is 301 Å². The van der Waals surface area contributed by atoms with Gasteiger partial charge in [-0.15, -0.1) is 0 Å². The minimum Gasteiger partial charge on any atom is -0.311 e. The molecule has 0 aliphatic carbocycles. The fourth-order valence-corrected chi connectivity index (χ4v) is 9.27. The predicted molar refractivity (Wildman–Crippen MR) is 299 cm³/mol. The Morgan fingerprint density at radius 2 is 0.357 bits per heavy atom. The topological polar surface area (TPSA) is 6.48 Å². The van der Waals surface area contributed by atoms with E-state index in [1.165, 1.54) is 66.8 Å². The summed E-state index contributed by atoms with van der Waals surface area (Å²) >= 11 is 0. The first kappa shape index (κ1) is 43.3. The van der Waals surface area contributed by atoms with Crippen molar-refractivity contribution in [1.82, 2.24) is 0 Å². The Bertz CT molecular complexity index is 3360. The summed E-state index contributed by atoms with van der Waals surface area (Å²) in [5, 5.41) is 0. The van der Waals surface area contributed by atoms with Gasteiger partial charge in [0.25, 0.3) is 0 Å². The molecule has 0 radical (unpaired) electrons. The minimum atomic E-state index is 1.10. The Morgan fingerprint density at radius 3 is 0.586 bits per heavy atom. The van der Waals surface area contributed by atoms with Crippen molar-refractivity contribution in [2.24, 2.45) is 0 Å². The second kappa shape index (κ2) is 19.9. The van der Waals surface area contributed by atoms with Gasteiger partial charge in [-0.3, -0.25) is 0 Å². The maximum absolute atomic E-state index is 3.88. The van der Waals surface area contributed by atoms with Crippen LogP contribution in [0.4, 0.5) is 34.1 Å². The molecule has 0 spiro atoms. The highest BCUT2D eigenvalue weighted by Crippen LogP contribution is 2.40. The van der Waals surface area contributed by atoms with Gasteiger partial charge in [-0.2, -0.15) is 0 Å². The molecule has 70 heavy (non-hydrogen) atoms. The summed E-state index contributed by atoms with van der Waals surface area (Å²) in [6.45, 7) is 3.88. The summed E-state index contributed by atoms with van der Waals surface area (Å²) in [5.74, 6) is 0. The number of anilines is 6. The maximum atomic E-state index is 3.88. The average Bonchev–Trinajstić information content (AvgIpc) is 3.45. The molecular weight excluding hydrogens is 845 g/mol. The minimum absolute atomic E-state index is 1.10. The molecular formula is C68H50N2. The van der Waals surface area contributed by atoms with Crippen molar-refractivity contribution in [3.63, 3.8) is 0 Å². The van der Waals surface area contributed by atoms with E-state index in [-0.39, 0.29) is 0 Å². The molecule has 0 saturated carbocycles. The van der Waals surface area contributed by atoms with E-state index in [9.17, 15) is 0 Å². The zero-order valence-corrected chi connectivity index (χ0v) is 38.8. The van der Waals surface area contributed by atoms with Gasteiger partial charge >= 0.3 is 0 Å². The Morgan fingerprint density at radius 1 is 0.186 bits per heavy atom. The highest BCUT2D eigenvalue weighted by Gasteiger charge is 2.16. The fourth-order valence-electron chi connectivity index (χ4n) is 9.27. The molecule has 0 aromatic heterocycles. The molecule has 0 atom stereocenters. The molecule has 11 rings (SSSR count). The van der Waals surface area contributed by atoms with E-state index in [1.807, 2.05) is 6.08 Å². The van der Waals surface area contributed by atoms with E-state index >= 15 is 0 Å². The van der Waals surface area contributed by atoms with E-state index in [4.69, 9.17) is 0 Å². The van der Waals surface area contributed by atoms with Gasteiger partial charge < -0.3 is 9.80 Å². The Balaban J connectivity index is 0.817. The molecule has 2 heteroatoms. The van der Waals surface area contributed by atoms with Gasteiger partial charge in [0.05, 0.1) is 0 Å². The lowest BCUT2D eigenvalue weighted by Crippen LogP contribution is -2.09. The van der Waals surface area contributed by atoms with Gasteiger partial charge in [0.15, 0.2) is 0 Å².